The third-order valence-corrected chi connectivity index (χ3v) is 12.9. The lowest BCUT2D eigenvalue weighted by atomic mass is 9.68. The minimum absolute atomic E-state index is 0.0267. The van der Waals surface area contributed by atoms with Crippen molar-refractivity contribution < 1.29 is 33.5 Å². The first-order chi connectivity index (χ1) is 24.2. The number of nitro benzene ring substituents is 1. The monoisotopic (exact) mass is 714 g/mol. The van der Waals surface area contributed by atoms with Crippen molar-refractivity contribution >= 4 is 57.9 Å². The molecule has 4 unspecified atom stereocenters. The number of fused-ring (bicyclic) bond motifs is 9. The molecule has 4 aromatic rings. The highest BCUT2D eigenvalue weighted by Gasteiger charge is 2.69. The van der Waals surface area contributed by atoms with Crippen molar-refractivity contribution in [2.24, 2.45) is 29.6 Å². The Morgan fingerprint density at radius 3 is 2.36 bits per heavy atom. The van der Waals surface area contributed by atoms with E-state index in [1.165, 1.54) is 36.3 Å². The number of rotatable bonds is 9. The minimum Gasteiger partial charge on any atom is -0.497 e. The van der Waals surface area contributed by atoms with E-state index < -0.39 is 16.8 Å². The van der Waals surface area contributed by atoms with Crippen molar-refractivity contribution in [2.75, 3.05) is 31.0 Å². The first-order valence-corrected chi connectivity index (χ1v) is 17.6. The molecule has 2 bridgehead atoms. The molecule has 8 rings (SSSR count). The molecule has 7 atom stereocenters. The second-order valence-corrected chi connectivity index (χ2v) is 14.9. The molecule has 2 saturated carbocycles. The van der Waals surface area contributed by atoms with E-state index in [1.54, 1.807) is 49.2 Å². The van der Waals surface area contributed by atoms with Crippen molar-refractivity contribution in [3.8, 4) is 17.2 Å². The zero-order valence-electron chi connectivity index (χ0n) is 26.7. The summed E-state index contributed by atoms with van der Waals surface area (Å²) in [7, 11) is 3.08. The van der Waals surface area contributed by atoms with Crippen LogP contribution in [-0.2, 0) is 14.4 Å². The predicted molar refractivity (Wildman–Crippen MR) is 184 cm³/mol. The van der Waals surface area contributed by atoms with E-state index in [9.17, 15) is 29.3 Å². The smallest absolute Gasteiger partial charge is 0.305 e. The number of anilines is 2. The van der Waals surface area contributed by atoms with Crippen molar-refractivity contribution in [2.45, 2.75) is 22.6 Å². The lowest BCUT2D eigenvalue weighted by Crippen LogP contribution is -2.42. The fourth-order valence-electron chi connectivity index (χ4n) is 8.38. The first kappa shape index (κ1) is 32.1. The van der Waals surface area contributed by atoms with Crippen molar-refractivity contribution in [3.05, 3.63) is 97.0 Å². The van der Waals surface area contributed by atoms with Gasteiger partial charge in [0.25, 0.3) is 11.6 Å². The summed E-state index contributed by atoms with van der Waals surface area (Å²) in [5.41, 5.74) is 1.67. The molecule has 2 N–H and O–H groups in total. The van der Waals surface area contributed by atoms with E-state index in [2.05, 4.69) is 10.3 Å². The highest BCUT2D eigenvalue weighted by atomic mass is 32.2. The summed E-state index contributed by atoms with van der Waals surface area (Å²) in [6.07, 6.45) is 0.709. The number of amides is 3. The Morgan fingerprint density at radius 2 is 1.68 bits per heavy atom. The Balaban J connectivity index is 1.07. The highest BCUT2D eigenvalue weighted by molar-refractivity contribution is 8.00. The fourth-order valence-corrected chi connectivity index (χ4v) is 11.3. The maximum atomic E-state index is 14.0. The van der Waals surface area contributed by atoms with Crippen molar-refractivity contribution in [1.82, 2.24) is 4.98 Å². The molecule has 13 nitrogen and oxygen atoms in total. The Morgan fingerprint density at radius 1 is 0.960 bits per heavy atom. The normalized spacial score (nSPS) is 25.9. The number of nitro groups is 1. The van der Waals surface area contributed by atoms with Crippen LogP contribution < -0.4 is 29.3 Å². The zero-order chi connectivity index (χ0) is 34.8. The van der Waals surface area contributed by atoms with Crippen LogP contribution in [0.4, 0.5) is 17.1 Å². The molecule has 3 heterocycles. The van der Waals surface area contributed by atoms with E-state index >= 15 is 0 Å². The second kappa shape index (κ2) is 12.3. The number of H-pyrrole nitrogens is 1. The number of imide groups is 1. The molecule has 4 aliphatic rings. The van der Waals surface area contributed by atoms with Gasteiger partial charge in [0, 0.05) is 33.9 Å². The van der Waals surface area contributed by atoms with Crippen LogP contribution in [0.25, 0.3) is 0 Å². The van der Waals surface area contributed by atoms with Crippen LogP contribution in [-0.4, -0.2) is 53.7 Å². The van der Waals surface area contributed by atoms with Gasteiger partial charge < -0.3 is 24.5 Å². The van der Waals surface area contributed by atoms with E-state index in [-0.39, 0.29) is 63.8 Å². The van der Waals surface area contributed by atoms with Crippen LogP contribution in [0.3, 0.4) is 0 Å². The number of thioether (sulfide) groups is 1. The van der Waals surface area contributed by atoms with E-state index in [4.69, 9.17) is 14.2 Å². The number of hydrogen-bond donors (Lipinski definition) is 2. The van der Waals surface area contributed by atoms with Gasteiger partial charge in [-0.25, -0.2) is 0 Å². The number of methoxy groups -OCH3 is 2. The van der Waals surface area contributed by atoms with Gasteiger partial charge in [0.1, 0.15) is 5.75 Å². The summed E-state index contributed by atoms with van der Waals surface area (Å²) in [5.74, 6) is -1.02. The van der Waals surface area contributed by atoms with Gasteiger partial charge in [-0.3, -0.25) is 34.2 Å². The van der Waals surface area contributed by atoms with Gasteiger partial charge in [-0.1, -0.05) is 17.4 Å². The summed E-state index contributed by atoms with van der Waals surface area (Å²) in [6, 6.07) is 17.9. The van der Waals surface area contributed by atoms with Gasteiger partial charge in [-0.05, 0) is 78.3 Å². The number of hydrogen-bond acceptors (Lipinski definition) is 11. The minimum atomic E-state index is -0.530. The summed E-state index contributed by atoms with van der Waals surface area (Å²) in [5, 5.41) is 14.7. The largest absolute Gasteiger partial charge is 0.497 e. The number of nitrogens with zero attached hydrogens (tertiary/aromatic N) is 2. The molecule has 50 heavy (non-hydrogen) atoms. The van der Waals surface area contributed by atoms with E-state index in [0.717, 1.165) is 26.8 Å². The number of aromatic nitrogens is 1. The third kappa shape index (κ3) is 5.14. The average molecular weight is 715 g/mol. The van der Waals surface area contributed by atoms with Crippen LogP contribution in [0.5, 0.6) is 17.2 Å². The zero-order valence-corrected chi connectivity index (χ0v) is 28.3. The summed E-state index contributed by atoms with van der Waals surface area (Å²) in [4.78, 5) is 68.8. The molecule has 2 aliphatic heterocycles. The van der Waals surface area contributed by atoms with Gasteiger partial charge in [0.2, 0.25) is 11.8 Å². The fraction of sp³-hybridized carbons (Fsp3) is 0.314. The molecule has 2 aliphatic carbocycles. The number of non-ortho nitro benzene ring substituents is 1. The SMILES string of the molecule is COc1ccc(NC(=O)COc2ccc([C@H]3c4sc(=O)[nH]c4SC4C3[C@H]3C[C@@H]4C4C(=O)N(c5ccc([N+](=O)[O-])cc5)C(=O)C43)cc2OC)cc1. The molecule has 1 saturated heterocycles. The Labute approximate surface area is 293 Å². The summed E-state index contributed by atoms with van der Waals surface area (Å²) < 4.78 is 16.7. The molecule has 0 radical (unpaired) electrons. The maximum absolute atomic E-state index is 14.0. The summed E-state index contributed by atoms with van der Waals surface area (Å²) in [6.45, 7) is -0.260. The van der Waals surface area contributed by atoms with Crippen LogP contribution >= 0.6 is 23.1 Å². The lowest BCUT2D eigenvalue weighted by Gasteiger charge is -2.43. The molecular weight excluding hydrogens is 685 g/mol. The predicted octanol–water partition coefficient (Wildman–Crippen LogP) is 5.06. The molecule has 1 aromatic heterocycles. The number of carbonyl (C=O) groups is 3. The lowest BCUT2D eigenvalue weighted by molar-refractivity contribution is -0.384. The Kier molecular flexibility index (Phi) is 7.90. The van der Waals surface area contributed by atoms with Crippen molar-refractivity contribution in [1.29, 1.82) is 0 Å². The number of nitrogens with one attached hydrogen (secondary N) is 2. The van der Waals surface area contributed by atoms with E-state index in [1.807, 2.05) is 12.1 Å². The summed E-state index contributed by atoms with van der Waals surface area (Å²) >= 11 is 2.73. The molecule has 3 fully saturated rings. The van der Waals surface area contributed by atoms with Crippen molar-refractivity contribution in [3.63, 3.8) is 0 Å². The standard InChI is InChI=1S/C35H30N4O9S2/c1-46-20-10-4-17(5-11-20)36-25(40)15-48-23-12-3-16(13-24(23)47-2)26-27-21-14-22(30(27)49-32-31(26)50-35(43)37-32)29-28(21)33(41)38(34(29)42)18-6-8-19(9-7-18)39(44)45/h3-13,21-22,26-30H,14-15H2,1-2H3,(H,36,40)(H,37,43)/t21-,22-,26-,27?,28?,29?,30?/m1/s1. The number of aromatic amines is 1. The van der Waals surface area contributed by atoms with Gasteiger partial charge in [0.05, 0.1) is 41.7 Å². The topological polar surface area (TPSA) is 170 Å². The van der Waals surface area contributed by atoms with E-state index in [0.29, 0.717) is 35.0 Å². The molecule has 3 aromatic carbocycles. The number of thiazole rings is 1. The van der Waals surface area contributed by atoms with Gasteiger partial charge in [-0.15, -0.1) is 11.8 Å². The molecule has 3 amide bonds. The molecule has 256 valence electrons. The van der Waals surface area contributed by atoms with Gasteiger partial charge >= 0.3 is 4.87 Å². The Bertz CT molecular complexity index is 2100. The quantitative estimate of drug-likeness (QED) is 0.136. The number of ether oxygens (including phenoxy) is 3. The third-order valence-electron chi connectivity index (χ3n) is 10.3. The molecular formula is C35H30N4O9S2. The van der Waals surface area contributed by atoms with Crippen LogP contribution in [0, 0.1) is 39.7 Å². The second-order valence-electron chi connectivity index (χ2n) is 12.7. The van der Waals surface area contributed by atoms with Crippen LogP contribution in [0.2, 0.25) is 0 Å². The van der Waals surface area contributed by atoms with Gasteiger partial charge in [0.15, 0.2) is 18.1 Å². The first-order valence-electron chi connectivity index (χ1n) is 15.9. The molecule has 15 heteroatoms. The highest BCUT2D eigenvalue weighted by Crippen LogP contribution is 2.68. The Hall–Kier alpha value is -5.15. The van der Waals surface area contributed by atoms with Crippen LogP contribution in [0.1, 0.15) is 22.8 Å². The maximum Gasteiger partial charge on any atom is 0.305 e. The number of benzene rings is 3. The average Bonchev–Trinajstić information content (AvgIpc) is 3.86. The van der Waals surface area contributed by atoms with Crippen LogP contribution in [0.15, 0.2) is 76.6 Å². The number of carbonyl (C=O) groups excluding carboxylic acids is 3. The van der Waals surface area contributed by atoms with Gasteiger partial charge in [-0.2, -0.15) is 0 Å². The molecule has 0 spiro atoms.